The van der Waals surface area contributed by atoms with Gasteiger partial charge in [0.1, 0.15) is 0 Å². The van der Waals surface area contributed by atoms with Crippen LogP contribution in [0.4, 0.5) is 0 Å². The number of hydrogen-bond acceptors (Lipinski definition) is 5. The van der Waals surface area contributed by atoms with Gasteiger partial charge in [-0.05, 0) is 5.92 Å². The lowest BCUT2D eigenvalue weighted by atomic mass is 10.1. The lowest BCUT2D eigenvalue weighted by Crippen LogP contribution is -2.53. The Kier molecular flexibility index (Phi) is 4.82. The second kappa shape index (κ2) is 6.24. The monoisotopic (exact) mass is 319 g/mol. The highest BCUT2D eigenvalue weighted by Crippen LogP contribution is 2.22. The van der Waals surface area contributed by atoms with Crippen molar-refractivity contribution < 1.29 is 13.2 Å². The summed E-state index contributed by atoms with van der Waals surface area (Å²) < 4.78 is 30.8. The fourth-order valence-corrected chi connectivity index (χ4v) is 4.05. The van der Waals surface area contributed by atoms with Gasteiger partial charge in [-0.2, -0.15) is 4.98 Å². The Morgan fingerprint density at radius 2 is 2.15 bits per heavy atom. The average Bonchev–Trinajstić information content (AvgIpc) is 2.24. The first-order chi connectivity index (χ1) is 9.37. The fourth-order valence-electron chi connectivity index (χ4n) is 1.98. The lowest BCUT2D eigenvalue weighted by molar-refractivity contribution is 0.126. The van der Waals surface area contributed by atoms with Crippen molar-refractivity contribution in [1.82, 2.24) is 14.3 Å². The molecule has 2 heterocycles. The van der Waals surface area contributed by atoms with Gasteiger partial charge in [0, 0.05) is 19.0 Å². The van der Waals surface area contributed by atoms with Crippen LogP contribution in [0.1, 0.15) is 13.8 Å². The summed E-state index contributed by atoms with van der Waals surface area (Å²) in [4.78, 5) is 7.83. The van der Waals surface area contributed by atoms with Crippen LogP contribution in [0.5, 0.6) is 5.88 Å². The molecule has 1 aromatic rings. The van der Waals surface area contributed by atoms with E-state index in [-0.39, 0.29) is 22.7 Å². The molecule has 1 aliphatic heterocycles. The third kappa shape index (κ3) is 4.04. The Labute approximate surface area is 124 Å². The third-order valence-electron chi connectivity index (χ3n) is 2.91. The standard InChI is InChI=1S/C12H18ClN3O3S/c1-9(2)8-20(17,18)16-5-10(6-16)7-19-12-4-14-3-11(13)15-12/h3-4,9-10H,5-8H2,1-2H3. The van der Waals surface area contributed by atoms with Crippen molar-refractivity contribution in [3.8, 4) is 5.88 Å². The van der Waals surface area contributed by atoms with E-state index in [4.69, 9.17) is 16.3 Å². The Bertz CT molecular complexity index is 559. The van der Waals surface area contributed by atoms with Crippen LogP contribution < -0.4 is 4.74 Å². The van der Waals surface area contributed by atoms with Crippen LogP contribution in [0.25, 0.3) is 0 Å². The number of rotatable bonds is 6. The molecule has 0 unspecified atom stereocenters. The molecular weight excluding hydrogens is 302 g/mol. The normalized spacial score (nSPS) is 17.2. The summed E-state index contributed by atoms with van der Waals surface area (Å²) in [6, 6.07) is 0. The molecule has 0 saturated carbocycles. The van der Waals surface area contributed by atoms with Crippen LogP contribution in [-0.2, 0) is 10.0 Å². The molecular formula is C12H18ClN3O3S. The molecule has 0 atom stereocenters. The van der Waals surface area contributed by atoms with E-state index >= 15 is 0 Å². The minimum Gasteiger partial charge on any atom is -0.476 e. The van der Waals surface area contributed by atoms with E-state index in [0.29, 0.717) is 25.6 Å². The molecule has 0 spiro atoms. The summed E-state index contributed by atoms with van der Waals surface area (Å²) in [6.07, 6.45) is 2.91. The van der Waals surface area contributed by atoms with Gasteiger partial charge in [0.2, 0.25) is 15.9 Å². The summed E-state index contributed by atoms with van der Waals surface area (Å²) in [5.74, 6) is 0.885. The van der Waals surface area contributed by atoms with Gasteiger partial charge in [-0.3, -0.25) is 4.98 Å². The van der Waals surface area contributed by atoms with E-state index in [1.807, 2.05) is 13.8 Å². The zero-order valence-electron chi connectivity index (χ0n) is 11.5. The van der Waals surface area contributed by atoms with Crippen LogP contribution in [0.2, 0.25) is 5.15 Å². The van der Waals surface area contributed by atoms with E-state index in [9.17, 15) is 8.42 Å². The number of nitrogens with zero attached hydrogens (tertiary/aromatic N) is 3. The van der Waals surface area contributed by atoms with Gasteiger partial charge in [0.05, 0.1) is 24.8 Å². The Morgan fingerprint density at radius 3 is 2.75 bits per heavy atom. The topological polar surface area (TPSA) is 72.4 Å². The Hall–Kier alpha value is -0.920. The second-order valence-corrected chi connectivity index (χ2v) is 7.75. The van der Waals surface area contributed by atoms with Crippen molar-refractivity contribution in [2.45, 2.75) is 13.8 Å². The fraction of sp³-hybridized carbons (Fsp3) is 0.667. The van der Waals surface area contributed by atoms with E-state index in [1.54, 1.807) is 0 Å². The predicted molar refractivity (Wildman–Crippen MR) is 76.2 cm³/mol. The van der Waals surface area contributed by atoms with E-state index in [0.717, 1.165) is 0 Å². The molecule has 1 saturated heterocycles. The molecule has 0 radical (unpaired) electrons. The SMILES string of the molecule is CC(C)CS(=O)(=O)N1CC(COc2cncc(Cl)n2)C1. The first kappa shape index (κ1) is 15.5. The highest BCUT2D eigenvalue weighted by molar-refractivity contribution is 7.89. The molecule has 0 amide bonds. The van der Waals surface area contributed by atoms with Gasteiger partial charge in [0.25, 0.3) is 0 Å². The number of aromatic nitrogens is 2. The third-order valence-corrected chi connectivity index (χ3v) is 5.27. The molecule has 20 heavy (non-hydrogen) atoms. The van der Waals surface area contributed by atoms with E-state index in [1.165, 1.54) is 16.7 Å². The quantitative estimate of drug-likeness (QED) is 0.793. The summed E-state index contributed by atoms with van der Waals surface area (Å²) in [6.45, 7) is 5.22. The molecule has 8 heteroatoms. The summed E-state index contributed by atoms with van der Waals surface area (Å²) in [5.41, 5.74) is 0. The zero-order valence-corrected chi connectivity index (χ0v) is 13.1. The molecule has 1 aromatic heterocycles. The van der Waals surface area contributed by atoms with Gasteiger partial charge in [-0.15, -0.1) is 0 Å². The molecule has 1 aliphatic rings. The number of ether oxygens (including phenoxy) is 1. The van der Waals surface area contributed by atoms with Crippen LogP contribution in [0.15, 0.2) is 12.4 Å². The van der Waals surface area contributed by atoms with Crippen molar-refractivity contribution in [2.24, 2.45) is 11.8 Å². The number of halogens is 1. The highest BCUT2D eigenvalue weighted by atomic mass is 35.5. The predicted octanol–water partition coefficient (Wildman–Crippen LogP) is 1.43. The highest BCUT2D eigenvalue weighted by Gasteiger charge is 2.36. The Balaban J connectivity index is 1.77. The summed E-state index contributed by atoms with van der Waals surface area (Å²) >= 11 is 5.70. The Morgan fingerprint density at radius 1 is 1.45 bits per heavy atom. The van der Waals surface area contributed by atoms with Gasteiger partial charge in [-0.25, -0.2) is 12.7 Å². The molecule has 6 nitrogen and oxygen atoms in total. The van der Waals surface area contributed by atoms with Crippen molar-refractivity contribution in [2.75, 3.05) is 25.4 Å². The van der Waals surface area contributed by atoms with Crippen LogP contribution in [0.3, 0.4) is 0 Å². The average molecular weight is 320 g/mol. The van der Waals surface area contributed by atoms with Crippen LogP contribution in [-0.4, -0.2) is 48.1 Å². The zero-order chi connectivity index (χ0) is 14.8. The molecule has 0 aliphatic carbocycles. The second-order valence-electron chi connectivity index (χ2n) is 5.35. The van der Waals surface area contributed by atoms with Gasteiger partial charge >= 0.3 is 0 Å². The van der Waals surface area contributed by atoms with Crippen molar-refractivity contribution in [3.05, 3.63) is 17.5 Å². The minimum absolute atomic E-state index is 0.136. The molecule has 0 aromatic carbocycles. The van der Waals surface area contributed by atoms with Gasteiger partial charge in [0.15, 0.2) is 5.15 Å². The molecule has 2 rings (SSSR count). The van der Waals surface area contributed by atoms with Crippen molar-refractivity contribution in [3.63, 3.8) is 0 Å². The smallest absolute Gasteiger partial charge is 0.233 e. The summed E-state index contributed by atoms with van der Waals surface area (Å²) in [7, 11) is -3.12. The maximum absolute atomic E-state index is 11.9. The van der Waals surface area contributed by atoms with Crippen molar-refractivity contribution >= 4 is 21.6 Å². The molecule has 1 fully saturated rings. The number of sulfonamides is 1. The van der Waals surface area contributed by atoms with Crippen molar-refractivity contribution in [1.29, 1.82) is 0 Å². The molecule has 0 bridgehead atoms. The van der Waals surface area contributed by atoms with Crippen LogP contribution in [0, 0.1) is 11.8 Å². The van der Waals surface area contributed by atoms with E-state index < -0.39 is 10.0 Å². The lowest BCUT2D eigenvalue weighted by Gasteiger charge is -2.38. The maximum Gasteiger partial charge on any atom is 0.233 e. The first-order valence-electron chi connectivity index (χ1n) is 6.45. The largest absolute Gasteiger partial charge is 0.476 e. The maximum atomic E-state index is 11.9. The minimum atomic E-state index is -3.12. The van der Waals surface area contributed by atoms with E-state index in [2.05, 4.69) is 9.97 Å². The summed E-state index contributed by atoms with van der Waals surface area (Å²) in [5, 5.41) is 0.275. The van der Waals surface area contributed by atoms with Crippen LogP contribution >= 0.6 is 11.6 Å². The van der Waals surface area contributed by atoms with Gasteiger partial charge < -0.3 is 4.74 Å². The van der Waals surface area contributed by atoms with Gasteiger partial charge in [-0.1, -0.05) is 25.4 Å². The number of hydrogen-bond donors (Lipinski definition) is 0. The molecule has 112 valence electrons. The first-order valence-corrected chi connectivity index (χ1v) is 8.43. The molecule has 0 N–H and O–H groups in total.